The molecule has 0 rings (SSSR count). The van der Waals surface area contributed by atoms with Crippen LogP contribution in [0.4, 0.5) is 0 Å². The van der Waals surface area contributed by atoms with Crippen molar-refractivity contribution in [3.05, 3.63) is 0 Å². The van der Waals surface area contributed by atoms with E-state index in [1.807, 2.05) is 6.92 Å². The molecule has 0 spiro atoms. The van der Waals surface area contributed by atoms with Gasteiger partial charge in [0.2, 0.25) is 0 Å². The van der Waals surface area contributed by atoms with Crippen LogP contribution in [0.2, 0.25) is 18.1 Å². The summed E-state index contributed by atoms with van der Waals surface area (Å²) in [7, 11) is -1.70. The fourth-order valence-electron chi connectivity index (χ4n) is 1.99. The Morgan fingerprint density at radius 3 is 2.15 bits per heavy atom. The zero-order valence-electron chi connectivity index (χ0n) is 14.8. The standard InChI is InChI=1S/C17H36O2Si/c1-8-9-10-11-16(13-12-15(2)14-18)19-20(6,7)17(3,4)5/h14-16H,8-13H2,1-7H3/t15-,16+/m0/s1. The third-order valence-corrected chi connectivity index (χ3v) is 9.11. The molecule has 0 aliphatic carbocycles. The van der Waals surface area contributed by atoms with Crippen LogP contribution >= 0.6 is 0 Å². The molecular formula is C17H36O2Si. The second kappa shape index (κ2) is 8.99. The van der Waals surface area contributed by atoms with Gasteiger partial charge < -0.3 is 9.22 Å². The van der Waals surface area contributed by atoms with E-state index in [4.69, 9.17) is 4.43 Å². The van der Waals surface area contributed by atoms with Crippen molar-refractivity contribution in [2.24, 2.45) is 5.92 Å². The summed E-state index contributed by atoms with van der Waals surface area (Å²) in [6, 6.07) is 0. The molecule has 2 atom stereocenters. The van der Waals surface area contributed by atoms with Crippen LogP contribution in [0.1, 0.15) is 73.1 Å². The summed E-state index contributed by atoms with van der Waals surface area (Å²) < 4.78 is 6.57. The number of aldehydes is 1. The van der Waals surface area contributed by atoms with Gasteiger partial charge in [-0.2, -0.15) is 0 Å². The van der Waals surface area contributed by atoms with Gasteiger partial charge in [-0.3, -0.25) is 0 Å². The van der Waals surface area contributed by atoms with Gasteiger partial charge in [0.25, 0.3) is 0 Å². The molecule has 0 aliphatic rings. The molecule has 0 aliphatic heterocycles. The summed E-state index contributed by atoms with van der Waals surface area (Å²) in [6.45, 7) is 15.7. The third-order valence-electron chi connectivity index (χ3n) is 4.57. The SMILES string of the molecule is CCCCC[C@H](CC[C@H](C)C=O)O[Si](C)(C)C(C)(C)C. The lowest BCUT2D eigenvalue weighted by atomic mass is 10.0. The molecule has 0 fully saturated rings. The lowest BCUT2D eigenvalue weighted by molar-refractivity contribution is -0.110. The van der Waals surface area contributed by atoms with Crippen molar-refractivity contribution in [3.8, 4) is 0 Å². The Hall–Kier alpha value is -0.153. The molecule has 0 amide bonds. The largest absolute Gasteiger partial charge is 0.414 e. The second-order valence-electron chi connectivity index (χ2n) is 7.69. The van der Waals surface area contributed by atoms with Crippen LogP contribution < -0.4 is 0 Å². The van der Waals surface area contributed by atoms with Gasteiger partial charge in [0.15, 0.2) is 8.32 Å². The van der Waals surface area contributed by atoms with E-state index in [0.29, 0.717) is 6.10 Å². The quantitative estimate of drug-likeness (QED) is 0.299. The van der Waals surface area contributed by atoms with E-state index < -0.39 is 8.32 Å². The van der Waals surface area contributed by atoms with Crippen LogP contribution in [0.3, 0.4) is 0 Å². The van der Waals surface area contributed by atoms with Crippen LogP contribution in [-0.4, -0.2) is 20.7 Å². The zero-order chi connectivity index (χ0) is 15.8. The molecular weight excluding hydrogens is 264 g/mol. The van der Waals surface area contributed by atoms with Crippen molar-refractivity contribution in [1.29, 1.82) is 0 Å². The summed E-state index contributed by atoms with van der Waals surface area (Å²) >= 11 is 0. The molecule has 2 nitrogen and oxygen atoms in total. The maximum absolute atomic E-state index is 10.8. The molecule has 3 heteroatoms. The molecule has 0 aromatic carbocycles. The number of hydrogen-bond donors (Lipinski definition) is 0. The van der Waals surface area contributed by atoms with Gasteiger partial charge in [0.1, 0.15) is 6.29 Å². The molecule has 0 bridgehead atoms. The number of carbonyl (C=O) groups is 1. The Morgan fingerprint density at radius 2 is 1.70 bits per heavy atom. The fraction of sp³-hybridized carbons (Fsp3) is 0.941. The van der Waals surface area contributed by atoms with Crippen molar-refractivity contribution >= 4 is 14.6 Å². The predicted octanol–water partition coefficient (Wildman–Crippen LogP) is 5.57. The maximum atomic E-state index is 10.8. The number of hydrogen-bond acceptors (Lipinski definition) is 2. The van der Waals surface area contributed by atoms with Gasteiger partial charge in [0.05, 0.1) is 0 Å². The smallest absolute Gasteiger partial charge is 0.192 e. The maximum Gasteiger partial charge on any atom is 0.192 e. The lowest BCUT2D eigenvalue weighted by Gasteiger charge is -2.39. The van der Waals surface area contributed by atoms with Crippen molar-refractivity contribution < 1.29 is 9.22 Å². The molecule has 0 heterocycles. The van der Waals surface area contributed by atoms with E-state index in [9.17, 15) is 4.79 Å². The first-order valence-corrected chi connectivity index (χ1v) is 11.2. The second-order valence-corrected chi connectivity index (χ2v) is 12.4. The van der Waals surface area contributed by atoms with Gasteiger partial charge in [-0.1, -0.05) is 53.9 Å². The lowest BCUT2D eigenvalue weighted by Crippen LogP contribution is -2.44. The highest BCUT2D eigenvalue weighted by atomic mass is 28.4. The Labute approximate surface area is 127 Å². The summed E-state index contributed by atoms with van der Waals surface area (Å²) in [4.78, 5) is 10.8. The van der Waals surface area contributed by atoms with E-state index in [1.54, 1.807) is 0 Å². The summed E-state index contributed by atoms with van der Waals surface area (Å²) in [5.41, 5.74) is 0. The monoisotopic (exact) mass is 300 g/mol. The molecule has 0 N–H and O–H groups in total. The van der Waals surface area contributed by atoms with Crippen LogP contribution in [0.15, 0.2) is 0 Å². The van der Waals surface area contributed by atoms with E-state index in [1.165, 1.54) is 19.3 Å². The van der Waals surface area contributed by atoms with Gasteiger partial charge in [-0.05, 0) is 37.4 Å². The topological polar surface area (TPSA) is 26.3 Å². The molecule has 0 saturated carbocycles. The number of rotatable bonds is 10. The highest BCUT2D eigenvalue weighted by Gasteiger charge is 2.38. The van der Waals surface area contributed by atoms with Gasteiger partial charge in [-0.25, -0.2) is 0 Å². The first kappa shape index (κ1) is 19.8. The fourth-order valence-corrected chi connectivity index (χ4v) is 3.42. The van der Waals surface area contributed by atoms with E-state index in [0.717, 1.165) is 25.5 Å². The molecule has 0 aromatic rings. The zero-order valence-corrected chi connectivity index (χ0v) is 15.8. The molecule has 20 heavy (non-hydrogen) atoms. The highest BCUT2D eigenvalue weighted by molar-refractivity contribution is 6.74. The van der Waals surface area contributed by atoms with E-state index in [2.05, 4.69) is 40.8 Å². The Balaban J connectivity index is 4.54. The summed E-state index contributed by atoms with van der Waals surface area (Å²) in [6.07, 6.45) is 8.29. The van der Waals surface area contributed by atoms with Gasteiger partial charge >= 0.3 is 0 Å². The average molecular weight is 301 g/mol. The van der Waals surface area contributed by atoms with Gasteiger partial charge in [-0.15, -0.1) is 0 Å². The minimum Gasteiger partial charge on any atom is -0.414 e. The third kappa shape index (κ3) is 7.58. The van der Waals surface area contributed by atoms with Crippen molar-refractivity contribution in [2.45, 2.75) is 97.4 Å². The molecule has 0 saturated heterocycles. The highest BCUT2D eigenvalue weighted by Crippen LogP contribution is 2.38. The van der Waals surface area contributed by atoms with Crippen molar-refractivity contribution in [2.75, 3.05) is 0 Å². The number of unbranched alkanes of at least 4 members (excludes halogenated alkanes) is 2. The van der Waals surface area contributed by atoms with Crippen LogP contribution in [0, 0.1) is 5.92 Å². The minimum absolute atomic E-state index is 0.159. The Morgan fingerprint density at radius 1 is 1.10 bits per heavy atom. The average Bonchev–Trinajstić information content (AvgIpc) is 2.33. The molecule has 0 radical (unpaired) electrons. The van der Waals surface area contributed by atoms with E-state index in [-0.39, 0.29) is 11.0 Å². The minimum atomic E-state index is -1.70. The van der Waals surface area contributed by atoms with Crippen LogP contribution in [-0.2, 0) is 9.22 Å². The summed E-state index contributed by atoms with van der Waals surface area (Å²) in [5, 5.41) is 0.256. The molecule has 0 unspecified atom stereocenters. The van der Waals surface area contributed by atoms with Crippen molar-refractivity contribution in [3.63, 3.8) is 0 Å². The van der Waals surface area contributed by atoms with Crippen LogP contribution in [0.25, 0.3) is 0 Å². The van der Waals surface area contributed by atoms with Crippen LogP contribution in [0.5, 0.6) is 0 Å². The molecule has 0 aromatic heterocycles. The van der Waals surface area contributed by atoms with Crippen molar-refractivity contribution in [1.82, 2.24) is 0 Å². The predicted molar refractivity (Wildman–Crippen MR) is 90.7 cm³/mol. The van der Waals surface area contributed by atoms with Gasteiger partial charge in [0, 0.05) is 12.0 Å². The number of carbonyl (C=O) groups excluding carboxylic acids is 1. The Bertz CT molecular complexity index is 269. The summed E-state index contributed by atoms with van der Waals surface area (Å²) in [5.74, 6) is 0.159. The normalized spacial score (nSPS) is 15.9. The molecule has 120 valence electrons. The van der Waals surface area contributed by atoms with E-state index >= 15 is 0 Å². The first-order valence-electron chi connectivity index (χ1n) is 8.27. The first-order chi connectivity index (χ1) is 9.14. The Kier molecular flexibility index (Phi) is 8.92.